The maximum Gasteiger partial charge on any atom is 0.224 e. The fraction of sp³-hybridized carbons (Fsp3) is 0.200. The highest BCUT2D eigenvalue weighted by atomic mass is 35.5. The molecule has 16 heavy (non-hydrogen) atoms. The number of methoxy groups -OCH3 is 2. The maximum atomic E-state index is 7.12. The van der Waals surface area contributed by atoms with E-state index >= 15 is 0 Å². The Labute approximate surface area is 111 Å². The number of aromatic nitrogens is 2. The van der Waals surface area contributed by atoms with Crippen molar-refractivity contribution in [2.75, 3.05) is 14.1 Å². The molecule has 0 aliphatic carbocycles. The summed E-state index contributed by atoms with van der Waals surface area (Å²) in [6, 6.07) is 2.35. The minimum Gasteiger partial charge on any atom is -0.493 e. The summed E-state index contributed by atoms with van der Waals surface area (Å²) in [4.78, 5) is 7.59. The molecule has 0 aliphatic heterocycles. The van der Waals surface area contributed by atoms with Crippen LogP contribution in [0.2, 0.25) is 10.4 Å². The Bertz CT molecular complexity index is 719. The lowest BCUT2D eigenvalue weighted by Crippen LogP contribution is -1.93. The molecule has 0 saturated heterocycles. The van der Waals surface area contributed by atoms with Gasteiger partial charge in [-0.05, 0) is 17.7 Å². The molecule has 0 radical (unpaired) electrons. The molecule has 0 unspecified atom stereocenters. The summed E-state index contributed by atoms with van der Waals surface area (Å²) in [6.07, 6.45) is 0. The number of fused-ring (bicyclic) bond motifs is 1. The molecule has 0 amide bonds. The van der Waals surface area contributed by atoms with Crippen LogP contribution < -0.4 is 9.47 Å². The van der Waals surface area contributed by atoms with Gasteiger partial charge in [-0.1, -0.05) is 11.6 Å². The van der Waals surface area contributed by atoms with Crippen molar-refractivity contribution in [3.8, 4) is 11.5 Å². The number of benzene rings is 1. The second-order valence-electron chi connectivity index (χ2n) is 2.80. The molecule has 4 nitrogen and oxygen atoms in total. The van der Waals surface area contributed by atoms with Crippen molar-refractivity contribution in [3.63, 3.8) is 0 Å². The van der Waals surface area contributed by atoms with Gasteiger partial charge >= 0.3 is 0 Å². The van der Waals surface area contributed by atoms with Crippen molar-refractivity contribution in [2.45, 2.75) is 0 Å². The summed E-state index contributed by atoms with van der Waals surface area (Å²) in [7, 11) is -5.61. The van der Waals surface area contributed by atoms with E-state index in [0.717, 1.165) is 0 Å². The third-order valence-corrected chi connectivity index (χ3v) is 2.36. The van der Waals surface area contributed by atoms with E-state index in [4.69, 9.17) is 40.9 Å². The molecule has 0 N–H and O–H groups in total. The molecule has 0 saturated carbocycles. The van der Waals surface area contributed by atoms with Crippen LogP contribution in [0.25, 0.3) is 10.9 Å². The van der Waals surface area contributed by atoms with Crippen LogP contribution in [-0.4, -0.2) is 24.0 Å². The molecule has 0 bridgehead atoms. The van der Waals surface area contributed by atoms with Crippen molar-refractivity contribution < 1.29 is 17.7 Å². The van der Waals surface area contributed by atoms with E-state index < -0.39 is 14.1 Å². The minimum absolute atomic E-state index is 0.0363. The Morgan fingerprint density at radius 2 is 1.81 bits per heavy atom. The summed E-state index contributed by atoms with van der Waals surface area (Å²) in [5.41, 5.74) is 0.183. The summed E-state index contributed by atoms with van der Waals surface area (Å²) in [5, 5.41) is 0.0517. The van der Waals surface area contributed by atoms with Crippen LogP contribution >= 0.6 is 23.2 Å². The Morgan fingerprint density at radius 1 is 1.12 bits per heavy atom. The first-order valence-electron chi connectivity index (χ1n) is 6.99. The number of nitrogens with zero attached hydrogens (tertiary/aromatic N) is 2. The zero-order valence-corrected chi connectivity index (χ0v) is 9.13. The average molecular weight is 265 g/mol. The lowest BCUT2D eigenvalue weighted by Gasteiger charge is -2.09. The molecule has 0 spiro atoms. The van der Waals surface area contributed by atoms with Gasteiger partial charge in [0.05, 0.1) is 27.8 Å². The molecule has 2 aromatic rings. The number of ether oxygens (including phenoxy) is 2. The fourth-order valence-corrected chi connectivity index (χ4v) is 1.68. The Kier molecular flexibility index (Phi) is 1.59. The van der Waals surface area contributed by atoms with Gasteiger partial charge in [0.15, 0.2) is 11.5 Å². The van der Waals surface area contributed by atoms with E-state index in [9.17, 15) is 0 Å². The number of halogens is 2. The van der Waals surface area contributed by atoms with E-state index in [2.05, 4.69) is 9.97 Å². The third-order valence-electron chi connectivity index (χ3n) is 1.91. The van der Waals surface area contributed by atoms with Crippen LogP contribution in [0.4, 0.5) is 0 Å². The minimum atomic E-state index is -2.81. The monoisotopic (exact) mass is 264 g/mol. The normalized spacial score (nSPS) is 17.6. The van der Waals surface area contributed by atoms with Crippen LogP contribution in [0.3, 0.4) is 0 Å². The Morgan fingerprint density at radius 3 is 2.50 bits per heavy atom. The number of rotatable bonds is 2. The lowest BCUT2D eigenvalue weighted by atomic mass is 10.2. The van der Waals surface area contributed by atoms with Crippen LogP contribution in [0.5, 0.6) is 11.5 Å². The van der Waals surface area contributed by atoms with Crippen LogP contribution in [0.15, 0.2) is 12.1 Å². The van der Waals surface area contributed by atoms with E-state index in [-0.39, 0.29) is 32.8 Å². The molecule has 0 aliphatic rings. The van der Waals surface area contributed by atoms with Crippen molar-refractivity contribution in [1.29, 1.82) is 0 Å². The van der Waals surface area contributed by atoms with Gasteiger partial charge in [0.2, 0.25) is 5.28 Å². The van der Waals surface area contributed by atoms with E-state index in [1.165, 1.54) is 12.1 Å². The van der Waals surface area contributed by atoms with Crippen LogP contribution in [0, 0.1) is 0 Å². The summed E-state index contributed by atoms with van der Waals surface area (Å²) >= 11 is 11.6. The van der Waals surface area contributed by atoms with Crippen molar-refractivity contribution in [2.24, 2.45) is 0 Å². The number of hydrogen-bond donors (Lipinski definition) is 0. The van der Waals surface area contributed by atoms with Gasteiger partial charge < -0.3 is 9.47 Å². The zero-order chi connectivity index (χ0) is 16.7. The van der Waals surface area contributed by atoms with E-state index in [0.29, 0.717) is 0 Å². The predicted octanol–water partition coefficient (Wildman–Crippen LogP) is 2.95. The molecule has 1 heterocycles. The Balaban J connectivity index is 2.64. The zero-order valence-electron chi connectivity index (χ0n) is 13.6. The van der Waals surface area contributed by atoms with Crippen LogP contribution in [-0.2, 0) is 0 Å². The average Bonchev–Trinajstić information content (AvgIpc) is 2.26. The molecule has 2 rings (SSSR count). The molecule has 0 atom stereocenters. The smallest absolute Gasteiger partial charge is 0.224 e. The predicted molar refractivity (Wildman–Crippen MR) is 62.7 cm³/mol. The molecule has 1 aromatic heterocycles. The summed E-state index contributed by atoms with van der Waals surface area (Å²) in [5.74, 6) is -0.647. The second kappa shape index (κ2) is 4.31. The topological polar surface area (TPSA) is 44.2 Å². The van der Waals surface area contributed by atoms with Gasteiger partial charge in [0.25, 0.3) is 0 Å². The third kappa shape index (κ3) is 1.86. The molecule has 1 aromatic carbocycles. The first kappa shape index (κ1) is 5.89. The quantitative estimate of drug-likeness (QED) is 0.618. The first-order chi connectivity index (χ1) is 9.94. The van der Waals surface area contributed by atoms with Gasteiger partial charge in [0.1, 0.15) is 5.15 Å². The molecule has 84 valence electrons. The SMILES string of the molecule is [2H]C([2H])([2H])Oc1cc2nc(Cl)nc(Cl)c2cc1OC([2H])([2H])[2H]. The van der Waals surface area contributed by atoms with Gasteiger partial charge in [-0.2, -0.15) is 0 Å². The first-order valence-corrected chi connectivity index (χ1v) is 4.75. The Hall–Kier alpha value is -1.26. The summed E-state index contributed by atoms with van der Waals surface area (Å²) < 4.78 is 52.2. The maximum absolute atomic E-state index is 7.12. The summed E-state index contributed by atoms with van der Waals surface area (Å²) in [6.45, 7) is 0. The van der Waals surface area contributed by atoms with Crippen molar-refractivity contribution in [3.05, 3.63) is 22.6 Å². The highest BCUT2D eigenvalue weighted by molar-refractivity contribution is 6.35. The van der Waals surface area contributed by atoms with Crippen LogP contribution in [0.1, 0.15) is 8.22 Å². The van der Waals surface area contributed by atoms with E-state index in [1.54, 1.807) is 0 Å². The molecule has 6 heteroatoms. The lowest BCUT2D eigenvalue weighted by molar-refractivity contribution is 0.356. The standard InChI is InChI=1S/C10H8Cl2N2O2/c1-15-7-3-5-6(4-8(7)16-2)13-10(12)14-9(5)11/h3-4H,1-2H3/i1D3,2D3. The molecular weight excluding hydrogens is 251 g/mol. The number of hydrogen-bond acceptors (Lipinski definition) is 4. The van der Waals surface area contributed by atoms with Gasteiger partial charge in [-0.3, -0.25) is 0 Å². The largest absolute Gasteiger partial charge is 0.493 e. The molecule has 0 fully saturated rings. The molecular formula is C10H8Cl2N2O2. The highest BCUT2D eigenvalue weighted by Crippen LogP contribution is 2.34. The fourth-order valence-electron chi connectivity index (χ4n) is 1.23. The van der Waals surface area contributed by atoms with Gasteiger partial charge in [0, 0.05) is 11.5 Å². The second-order valence-corrected chi connectivity index (χ2v) is 3.50. The highest BCUT2D eigenvalue weighted by Gasteiger charge is 2.11. The van der Waals surface area contributed by atoms with Gasteiger partial charge in [-0.15, -0.1) is 0 Å². The van der Waals surface area contributed by atoms with Crippen molar-refractivity contribution >= 4 is 34.1 Å². The van der Waals surface area contributed by atoms with E-state index in [1.807, 2.05) is 0 Å². The van der Waals surface area contributed by atoms with Crippen molar-refractivity contribution in [1.82, 2.24) is 9.97 Å². The van der Waals surface area contributed by atoms with Gasteiger partial charge in [-0.25, -0.2) is 9.97 Å².